The van der Waals surface area contributed by atoms with Gasteiger partial charge in [0, 0.05) is 26.8 Å². The van der Waals surface area contributed by atoms with Crippen LogP contribution in [0.1, 0.15) is 16.0 Å². The predicted octanol–water partition coefficient (Wildman–Crippen LogP) is 4.80. The normalized spacial score (nSPS) is 11.5. The number of nitrogens with two attached hydrogens (primary N) is 1. The maximum Gasteiger partial charge on any atom is 0.408 e. The van der Waals surface area contributed by atoms with Gasteiger partial charge in [-0.25, -0.2) is 9.59 Å². The molecule has 0 radical (unpaired) electrons. The molecule has 0 aliphatic carbocycles. The molecular formula is C23H24N2O4S2. The van der Waals surface area contributed by atoms with Crippen LogP contribution in [0.25, 0.3) is 0 Å². The summed E-state index contributed by atoms with van der Waals surface area (Å²) in [7, 11) is 1.30. The number of alkyl carbamates (subject to hydrolysis) is 1. The van der Waals surface area contributed by atoms with Gasteiger partial charge in [0.25, 0.3) is 0 Å². The van der Waals surface area contributed by atoms with Gasteiger partial charge in [0.2, 0.25) is 0 Å². The fourth-order valence-corrected chi connectivity index (χ4v) is 4.60. The van der Waals surface area contributed by atoms with E-state index in [1.165, 1.54) is 18.4 Å². The molecule has 0 saturated heterocycles. The van der Waals surface area contributed by atoms with Crippen molar-refractivity contribution in [2.75, 3.05) is 12.8 Å². The summed E-state index contributed by atoms with van der Waals surface area (Å²) in [6.07, 6.45) is -0.311. The number of carbonyl (C=O) groups excluding carboxylic acids is 2. The number of carbonyl (C=O) groups is 2. The lowest BCUT2D eigenvalue weighted by atomic mass is 10.1. The van der Waals surface area contributed by atoms with Crippen LogP contribution >= 0.6 is 23.1 Å². The first-order valence-electron chi connectivity index (χ1n) is 9.61. The lowest BCUT2D eigenvalue weighted by molar-refractivity contribution is -0.142. The van der Waals surface area contributed by atoms with Gasteiger partial charge in [-0.2, -0.15) is 0 Å². The number of para-hydroxylation sites is 1. The molecule has 3 N–H and O–H groups in total. The molecule has 0 bridgehead atoms. The summed E-state index contributed by atoms with van der Waals surface area (Å²) in [5, 5.41) is 4.60. The molecule has 6 nitrogen and oxygen atoms in total. The van der Waals surface area contributed by atoms with Gasteiger partial charge in [-0.15, -0.1) is 11.3 Å². The molecular weight excluding hydrogens is 432 g/mol. The van der Waals surface area contributed by atoms with E-state index < -0.39 is 18.1 Å². The fourth-order valence-electron chi connectivity index (χ4n) is 2.82. The molecule has 3 aromatic rings. The van der Waals surface area contributed by atoms with E-state index in [2.05, 4.69) is 5.32 Å². The summed E-state index contributed by atoms with van der Waals surface area (Å²) >= 11 is 3.10. The third kappa shape index (κ3) is 6.77. The van der Waals surface area contributed by atoms with Crippen LogP contribution < -0.4 is 11.1 Å². The van der Waals surface area contributed by atoms with Gasteiger partial charge in [0.1, 0.15) is 12.6 Å². The monoisotopic (exact) mass is 456 g/mol. The van der Waals surface area contributed by atoms with Crippen molar-refractivity contribution < 1.29 is 19.1 Å². The van der Waals surface area contributed by atoms with Crippen molar-refractivity contribution in [3.8, 4) is 0 Å². The smallest absolute Gasteiger partial charge is 0.408 e. The number of benzene rings is 2. The number of esters is 1. The van der Waals surface area contributed by atoms with Crippen LogP contribution in [0.5, 0.6) is 0 Å². The molecule has 3 rings (SSSR count). The number of thiophene rings is 1. The topological polar surface area (TPSA) is 90.6 Å². The number of aryl methyl sites for hydroxylation is 1. The standard InChI is InChI=1S/C23H24N2O4S2/c1-15-11-18(30-14-15)12-20(22(26)28-2)25-23(27)29-13-16-7-9-17(10-8-16)31-21-6-4-3-5-19(21)24/h3-11,14,20H,12-13,24H2,1-2H3,(H,25,27)/t20-/m0/s1. The molecule has 0 spiro atoms. The van der Waals surface area contributed by atoms with Gasteiger partial charge in [-0.1, -0.05) is 36.0 Å². The van der Waals surface area contributed by atoms with Crippen molar-refractivity contribution in [2.45, 2.75) is 35.8 Å². The first-order chi connectivity index (χ1) is 14.9. The second-order valence-electron chi connectivity index (χ2n) is 6.87. The molecule has 162 valence electrons. The first kappa shape index (κ1) is 22.7. The van der Waals surface area contributed by atoms with E-state index in [4.69, 9.17) is 15.2 Å². The summed E-state index contributed by atoms with van der Waals surface area (Å²) in [6, 6.07) is 16.5. The Kier molecular flexibility index (Phi) is 7.97. The Labute approximate surface area is 189 Å². The Morgan fingerprint density at radius 2 is 1.90 bits per heavy atom. The van der Waals surface area contributed by atoms with Crippen LogP contribution in [0.15, 0.2) is 69.8 Å². The molecule has 31 heavy (non-hydrogen) atoms. The number of nitrogen functional groups attached to an aromatic ring is 1. The summed E-state index contributed by atoms with van der Waals surface area (Å²) in [5.41, 5.74) is 8.66. The zero-order valence-electron chi connectivity index (χ0n) is 17.3. The van der Waals surface area contributed by atoms with Crippen LogP contribution in [0.4, 0.5) is 10.5 Å². The molecule has 0 unspecified atom stereocenters. The average Bonchev–Trinajstić information content (AvgIpc) is 3.18. The van der Waals surface area contributed by atoms with E-state index >= 15 is 0 Å². The Hall–Kier alpha value is -2.97. The number of amides is 1. The number of anilines is 1. The minimum Gasteiger partial charge on any atom is -0.467 e. The molecule has 2 aromatic carbocycles. The Morgan fingerprint density at radius 3 is 2.55 bits per heavy atom. The van der Waals surface area contributed by atoms with Crippen LogP contribution in [-0.4, -0.2) is 25.2 Å². The highest BCUT2D eigenvalue weighted by atomic mass is 32.2. The van der Waals surface area contributed by atoms with Crippen molar-refractivity contribution >= 4 is 40.8 Å². The van der Waals surface area contributed by atoms with Gasteiger partial charge in [-0.05, 0) is 53.8 Å². The molecule has 1 amide bonds. The van der Waals surface area contributed by atoms with Crippen molar-refractivity contribution in [1.82, 2.24) is 5.32 Å². The van der Waals surface area contributed by atoms with E-state index in [-0.39, 0.29) is 6.61 Å². The largest absolute Gasteiger partial charge is 0.467 e. The number of ether oxygens (including phenoxy) is 2. The summed E-state index contributed by atoms with van der Waals surface area (Å²) in [4.78, 5) is 27.3. The van der Waals surface area contributed by atoms with Crippen molar-refractivity contribution in [3.63, 3.8) is 0 Å². The van der Waals surface area contributed by atoms with Gasteiger partial charge < -0.3 is 20.5 Å². The van der Waals surface area contributed by atoms with Crippen LogP contribution in [0.2, 0.25) is 0 Å². The number of hydrogen-bond acceptors (Lipinski definition) is 7. The van der Waals surface area contributed by atoms with E-state index in [1.54, 1.807) is 11.8 Å². The molecule has 0 aliphatic heterocycles. The summed E-state index contributed by atoms with van der Waals surface area (Å²) < 4.78 is 10.1. The van der Waals surface area contributed by atoms with Gasteiger partial charge in [-0.3, -0.25) is 0 Å². The van der Waals surface area contributed by atoms with E-state index in [9.17, 15) is 9.59 Å². The molecule has 1 heterocycles. The second kappa shape index (κ2) is 10.9. The highest BCUT2D eigenvalue weighted by Gasteiger charge is 2.23. The third-order valence-corrected chi connectivity index (χ3v) is 6.58. The zero-order valence-corrected chi connectivity index (χ0v) is 18.9. The second-order valence-corrected chi connectivity index (χ2v) is 8.99. The van der Waals surface area contributed by atoms with Gasteiger partial charge >= 0.3 is 12.1 Å². The molecule has 8 heteroatoms. The zero-order chi connectivity index (χ0) is 22.2. The summed E-state index contributed by atoms with van der Waals surface area (Å²) in [5.74, 6) is -0.510. The highest BCUT2D eigenvalue weighted by molar-refractivity contribution is 7.99. The number of hydrogen-bond donors (Lipinski definition) is 2. The Balaban J connectivity index is 1.52. The average molecular weight is 457 g/mol. The van der Waals surface area contributed by atoms with Crippen molar-refractivity contribution in [3.05, 3.63) is 76.0 Å². The fraction of sp³-hybridized carbons (Fsp3) is 0.217. The third-order valence-electron chi connectivity index (χ3n) is 4.41. The first-order valence-corrected chi connectivity index (χ1v) is 11.3. The summed E-state index contributed by atoms with van der Waals surface area (Å²) in [6.45, 7) is 2.07. The lowest BCUT2D eigenvalue weighted by Crippen LogP contribution is -2.43. The number of nitrogens with one attached hydrogen (secondary N) is 1. The van der Waals surface area contributed by atoms with Crippen LogP contribution in [0, 0.1) is 6.92 Å². The van der Waals surface area contributed by atoms with E-state index in [1.807, 2.05) is 66.9 Å². The van der Waals surface area contributed by atoms with Crippen molar-refractivity contribution in [2.24, 2.45) is 0 Å². The molecule has 1 atom stereocenters. The number of methoxy groups -OCH3 is 1. The molecule has 0 fully saturated rings. The van der Waals surface area contributed by atoms with Gasteiger partial charge in [0.05, 0.1) is 7.11 Å². The van der Waals surface area contributed by atoms with E-state index in [0.29, 0.717) is 6.42 Å². The molecule has 0 aliphatic rings. The number of rotatable bonds is 8. The van der Waals surface area contributed by atoms with Crippen LogP contribution in [-0.2, 0) is 27.3 Å². The van der Waals surface area contributed by atoms with E-state index in [0.717, 1.165) is 31.5 Å². The Morgan fingerprint density at radius 1 is 1.16 bits per heavy atom. The van der Waals surface area contributed by atoms with Crippen molar-refractivity contribution in [1.29, 1.82) is 0 Å². The quantitative estimate of drug-likeness (QED) is 0.374. The molecule has 1 aromatic heterocycles. The lowest BCUT2D eigenvalue weighted by Gasteiger charge is -2.16. The minimum absolute atomic E-state index is 0.0935. The molecule has 0 saturated carbocycles. The van der Waals surface area contributed by atoms with Gasteiger partial charge in [0.15, 0.2) is 0 Å². The predicted molar refractivity (Wildman–Crippen MR) is 123 cm³/mol. The Bertz CT molecular complexity index is 1030. The maximum atomic E-state index is 12.2. The SMILES string of the molecule is COC(=O)[C@H](Cc1cc(C)cs1)NC(=O)OCc1ccc(Sc2ccccc2N)cc1. The highest BCUT2D eigenvalue weighted by Crippen LogP contribution is 2.31. The maximum absolute atomic E-state index is 12.2. The van der Waals surface area contributed by atoms with Crippen LogP contribution in [0.3, 0.4) is 0 Å². The minimum atomic E-state index is -0.800.